The number of hydrogen-bond acceptors (Lipinski definition) is 4. The molecule has 1 heterocycles. The topological polar surface area (TPSA) is 64.0 Å². The standard InChI is InChI=1S/C19H19N3O2S/c1-3-13-8-10-14(11-9-13)20-17(23)12-25-19-21-16-7-5-4-6-15(16)18(24)22(19)2/h4-11H,3,12H2,1-2H3,(H,20,23). The normalized spacial score (nSPS) is 10.8. The monoisotopic (exact) mass is 353 g/mol. The number of benzene rings is 2. The van der Waals surface area contributed by atoms with Crippen LogP contribution in [0.4, 0.5) is 5.69 Å². The highest BCUT2D eigenvalue weighted by Crippen LogP contribution is 2.17. The van der Waals surface area contributed by atoms with Gasteiger partial charge in [-0.1, -0.05) is 43.0 Å². The van der Waals surface area contributed by atoms with Gasteiger partial charge in [0.2, 0.25) is 5.91 Å². The SMILES string of the molecule is CCc1ccc(NC(=O)CSc2nc3ccccc3c(=O)n2C)cc1. The van der Waals surface area contributed by atoms with Gasteiger partial charge in [0.05, 0.1) is 16.7 Å². The van der Waals surface area contributed by atoms with Gasteiger partial charge in [0.25, 0.3) is 5.56 Å². The van der Waals surface area contributed by atoms with Crippen LogP contribution in [0.5, 0.6) is 0 Å². The highest BCUT2D eigenvalue weighted by Gasteiger charge is 2.10. The molecule has 5 nitrogen and oxygen atoms in total. The summed E-state index contributed by atoms with van der Waals surface area (Å²) in [7, 11) is 1.67. The summed E-state index contributed by atoms with van der Waals surface area (Å²) in [5.74, 6) is 0.0605. The van der Waals surface area contributed by atoms with E-state index in [1.54, 1.807) is 19.2 Å². The van der Waals surface area contributed by atoms with Gasteiger partial charge < -0.3 is 5.32 Å². The minimum absolute atomic E-state index is 0.108. The largest absolute Gasteiger partial charge is 0.325 e. The predicted octanol–water partition coefficient (Wildman–Crippen LogP) is 3.23. The summed E-state index contributed by atoms with van der Waals surface area (Å²) in [6, 6.07) is 15.0. The van der Waals surface area contributed by atoms with E-state index in [0.29, 0.717) is 16.1 Å². The van der Waals surface area contributed by atoms with E-state index in [-0.39, 0.29) is 17.2 Å². The van der Waals surface area contributed by atoms with Gasteiger partial charge in [0, 0.05) is 12.7 Å². The molecule has 128 valence electrons. The summed E-state index contributed by atoms with van der Waals surface area (Å²) in [5, 5.41) is 3.97. The average Bonchev–Trinajstić information content (AvgIpc) is 2.64. The molecule has 6 heteroatoms. The molecule has 0 spiro atoms. The second-order valence-corrected chi connectivity index (χ2v) is 6.61. The number of thioether (sulfide) groups is 1. The fraction of sp³-hybridized carbons (Fsp3) is 0.211. The number of carbonyl (C=O) groups is 1. The lowest BCUT2D eigenvalue weighted by molar-refractivity contribution is -0.113. The first-order valence-electron chi connectivity index (χ1n) is 8.06. The molecule has 0 saturated carbocycles. The summed E-state index contributed by atoms with van der Waals surface area (Å²) in [6.07, 6.45) is 0.964. The lowest BCUT2D eigenvalue weighted by Crippen LogP contribution is -2.21. The van der Waals surface area contributed by atoms with Crippen LogP contribution in [-0.2, 0) is 18.3 Å². The molecule has 0 bridgehead atoms. The molecule has 25 heavy (non-hydrogen) atoms. The third-order valence-electron chi connectivity index (χ3n) is 3.92. The number of carbonyl (C=O) groups excluding carboxylic acids is 1. The van der Waals surface area contributed by atoms with Crippen LogP contribution in [0.15, 0.2) is 58.5 Å². The minimum atomic E-state index is -0.128. The first-order valence-corrected chi connectivity index (χ1v) is 9.04. The summed E-state index contributed by atoms with van der Waals surface area (Å²) in [6.45, 7) is 2.09. The Kier molecular flexibility index (Phi) is 5.19. The first kappa shape index (κ1) is 17.2. The Morgan fingerprint density at radius 3 is 2.60 bits per heavy atom. The molecular formula is C19H19N3O2S. The molecule has 2 aromatic carbocycles. The summed E-state index contributed by atoms with van der Waals surface area (Å²) in [4.78, 5) is 29.0. The molecule has 1 aromatic heterocycles. The van der Waals surface area contributed by atoms with Crippen molar-refractivity contribution in [3.8, 4) is 0 Å². The molecule has 0 aliphatic carbocycles. The number of amides is 1. The number of para-hydroxylation sites is 1. The van der Waals surface area contributed by atoms with Gasteiger partial charge in [-0.25, -0.2) is 4.98 Å². The molecule has 0 aliphatic heterocycles. The van der Waals surface area contributed by atoms with E-state index < -0.39 is 0 Å². The van der Waals surface area contributed by atoms with E-state index >= 15 is 0 Å². The van der Waals surface area contributed by atoms with Crippen LogP contribution in [0.1, 0.15) is 12.5 Å². The average molecular weight is 353 g/mol. The zero-order valence-corrected chi connectivity index (χ0v) is 15.0. The maximum atomic E-state index is 12.4. The Balaban J connectivity index is 1.70. The van der Waals surface area contributed by atoms with Crippen LogP contribution in [0.2, 0.25) is 0 Å². The molecule has 3 rings (SSSR count). The zero-order valence-electron chi connectivity index (χ0n) is 14.2. The van der Waals surface area contributed by atoms with Gasteiger partial charge >= 0.3 is 0 Å². The van der Waals surface area contributed by atoms with Crippen LogP contribution in [0, 0.1) is 0 Å². The second-order valence-electron chi connectivity index (χ2n) is 5.66. The Bertz CT molecular complexity index is 965. The maximum Gasteiger partial charge on any atom is 0.261 e. The Morgan fingerprint density at radius 1 is 1.16 bits per heavy atom. The van der Waals surface area contributed by atoms with Crippen molar-refractivity contribution in [2.45, 2.75) is 18.5 Å². The van der Waals surface area contributed by atoms with E-state index in [9.17, 15) is 9.59 Å². The van der Waals surface area contributed by atoms with Gasteiger partial charge in [-0.05, 0) is 36.2 Å². The van der Waals surface area contributed by atoms with Crippen LogP contribution >= 0.6 is 11.8 Å². The maximum absolute atomic E-state index is 12.4. The summed E-state index contributed by atoms with van der Waals surface area (Å²) in [5.41, 5.74) is 2.53. The first-order chi connectivity index (χ1) is 12.1. The minimum Gasteiger partial charge on any atom is -0.325 e. The van der Waals surface area contributed by atoms with Crippen molar-refractivity contribution in [3.63, 3.8) is 0 Å². The Morgan fingerprint density at radius 2 is 1.88 bits per heavy atom. The molecule has 1 amide bonds. The molecule has 0 unspecified atom stereocenters. The quantitative estimate of drug-likeness (QED) is 0.565. The number of aromatic nitrogens is 2. The molecule has 3 aromatic rings. The highest BCUT2D eigenvalue weighted by atomic mass is 32.2. The number of rotatable bonds is 5. The summed E-state index contributed by atoms with van der Waals surface area (Å²) >= 11 is 1.25. The third kappa shape index (κ3) is 3.91. The number of fused-ring (bicyclic) bond motifs is 1. The summed E-state index contributed by atoms with van der Waals surface area (Å²) < 4.78 is 1.48. The molecule has 0 saturated heterocycles. The fourth-order valence-electron chi connectivity index (χ4n) is 2.48. The molecule has 1 N–H and O–H groups in total. The van der Waals surface area contributed by atoms with Gasteiger partial charge in [-0.3, -0.25) is 14.2 Å². The van der Waals surface area contributed by atoms with Crippen molar-refractivity contribution in [2.24, 2.45) is 7.05 Å². The number of nitrogens with zero attached hydrogens (tertiary/aromatic N) is 2. The van der Waals surface area contributed by atoms with E-state index in [2.05, 4.69) is 17.2 Å². The van der Waals surface area contributed by atoms with Crippen molar-refractivity contribution >= 4 is 34.3 Å². The van der Waals surface area contributed by atoms with Gasteiger partial charge in [0.1, 0.15) is 0 Å². The number of hydrogen-bond donors (Lipinski definition) is 1. The Labute approximate surface area is 150 Å². The molecule has 0 radical (unpaired) electrons. The third-order valence-corrected chi connectivity index (χ3v) is 4.95. The highest BCUT2D eigenvalue weighted by molar-refractivity contribution is 7.99. The molecule has 0 fully saturated rings. The second kappa shape index (κ2) is 7.53. The smallest absolute Gasteiger partial charge is 0.261 e. The van der Waals surface area contributed by atoms with Gasteiger partial charge in [-0.15, -0.1) is 0 Å². The molecule has 0 aliphatic rings. The number of anilines is 1. The molecular weight excluding hydrogens is 334 g/mol. The predicted molar refractivity (Wildman–Crippen MR) is 102 cm³/mol. The lowest BCUT2D eigenvalue weighted by Gasteiger charge is -2.09. The number of nitrogens with one attached hydrogen (secondary N) is 1. The zero-order chi connectivity index (χ0) is 17.8. The van der Waals surface area contributed by atoms with E-state index in [0.717, 1.165) is 12.1 Å². The van der Waals surface area contributed by atoms with Crippen LogP contribution in [-0.4, -0.2) is 21.2 Å². The van der Waals surface area contributed by atoms with Crippen LogP contribution in [0.3, 0.4) is 0 Å². The van der Waals surface area contributed by atoms with E-state index in [4.69, 9.17) is 0 Å². The van der Waals surface area contributed by atoms with Gasteiger partial charge in [0.15, 0.2) is 5.16 Å². The molecule has 0 atom stereocenters. The van der Waals surface area contributed by atoms with E-state index in [1.165, 1.54) is 21.9 Å². The van der Waals surface area contributed by atoms with Crippen molar-refractivity contribution in [1.82, 2.24) is 9.55 Å². The number of aryl methyl sites for hydroxylation is 1. The lowest BCUT2D eigenvalue weighted by atomic mass is 10.1. The van der Waals surface area contributed by atoms with Crippen molar-refractivity contribution in [2.75, 3.05) is 11.1 Å². The Hall–Kier alpha value is -2.60. The van der Waals surface area contributed by atoms with Crippen molar-refractivity contribution in [1.29, 1.82) is 0 Å². The fourth-order valence-corrected chi connectivity index (χ4v) is 3.25. The van der Waals surface area contributed by atoms with Crippen LogP contribution < -0.4 is 10.9 Å². The van der Waals surface area contributed by atoms with Crippen LogP contribution in [0.25, 0.3) is 10.9 Å². The van der Waals surface area contributed by atoms with E-state index in [1.807, 2.05) is 36.4 Å². The van der Waals surface area contributed by atoms with Crippen molar-refractivity contribution < 1.29 is 4.79 Å². The van der Waals surface area contributed by atoms with Gasteiger partial charge in [-0.2, -0.15) is 0 Å². The van der Waals surface area contributed by atoms with Crippen molar-refractivity contribution in [3.05, 3.63) is 64.4 Å².